The third kappa shape index (κ3) is 3.13. The van der Waals surface area contributed by atoms with Crippen molar-refractivity contribution in [2.24, 2.45) is 0 Å². The van der Waals surface area contributed by atoms with E-state index in [0.29, 0.717) is 18.3 Å². The summed E-state index contributed by atoms with van der Waals surface area (Å²) in [6.07, 6.45) is 0. The first-order valence-corrected chi connectivity index (χ1v) is 6.20. The van der Waals surface area contributed by atoms with E-state index in [1.165, 1.54) is 5.56 Å². The van der Waals surface area contributed by atoms with Crippen LogP contribution < -0.4 is 4.74 Å². The van der Waals surface area contributed by atoms with Crippen LogP contribution in [-0.4, -0.2) is 17.0 Å². The molecule has 0 aromatic heterocycles. The van der Waals surface area contributed by atoms with Gasteiger partial charge in [0.15, 0.2) is 11.5 Å². The molecule has 0 heterocycles. The van der Waals surface area contributed by atoms with Crippen LogP contribution in [0.1, 0.15) is 30.9 Å². The number of aryl methyl sites for hydroxylation is 1. The van der Waals surface area contributed by atoms with Crippen LogP contribution in [-0.2, 0) is 0 Å². The molecule has 0 aliphatic rings. The third-order valence-corrected chi connectivity index (χ3v) is 2.63. The predicted octanol–water partition coefficient (Wildman–Crippen LogP) is 3.60. The van der Waals surface area contributed by atoms with Crippen molar-refractivity contribution in [2.75, 3.05) is 11.9 Å². The van der Waals surface area contributed by atoms with Crippen LogP contribution in [0.4, 0.5) is 0 Å². The van der Waals surface area contributed by atoms with E-state index >= 15 is 0 Å². The van der Waals surface area contributed by atoms with Crippen LogP contribution >= 0.6 is 15.9 Å². The molecule has 15 heavy (non-hydrogen) atoms. The van der Waals surface area contributed by atoms with Crippen LogP contribution in [0.5, 0.6) is 11.5 Å². The van der Waals surface area contributed by atoms with Crippen LogP contribution in [0.15, 0.2) is 12.1 Å². The van der Waals surface area contributed by atoms with Gasteiger partial charge in [-0.15, -0.1) is 0 Å². The zero-order valence-electron chi connectivity index (χ0n) is 9.38. The number of hydrogen-bond acceptors (Lipinski definition) is 2. The minimum atomic E-state index is 0.227. The van der Waals surface area contributed by atoms with Crippen LogP contribution in [0.25, 0.3) is 0 Å². The largest absolute Gasteiger partial charge is 0.504 e. The summed E-state index contributed by atoms with van der Waals surface area (Å²) in [5, 5.41) is 10.5. The van der Waals surface area contributed by atoms with E-state index in [9.17, 15) is 5.11 Å². The van der Waals surface area contributed by atoms with E-state index in [1.807, 2.05) is 13.0 Å². The summed E-state index contributed by atoms with van der Waals surface area (Å²) in [5.74, 6) is 1.21. The Morgan fingerprint density at radius 2 is 2.07 bits per heavy atom. The molecule has 0 radical (unpaired) electrons. The quantitative estimate of drug-likeness (QED) is 0.849. The van der Waals surface area contributed by atoms with Gasteiger partial charge in [-0.1, -0.05) is 29.8 Å². The molecule has 2 nitrogen and oxygen atoms in total. The Morgan fingerprint density at radius 3 is 2.60 bits per heavy atom. The molecule has 1 rings (SSSR count). The summed E-state index contributed by atoms with van der Waals surface area (Å²) in [6.45, 7) is 6.82. The van der Waals surface area contributed by atoms with Crippen molar-refractivity contribution in [3.63, 3.8) is 0 Å². The van der Waals surface area contributed by atoms with Gasteiger partial charge in [-0.2, -0.15) is 0 Å². The molecule has 0 aliphatic carbocycles. The zero-order chi connectivity index (χ0) is 11.4. The van der Waals surface area contributed by atoms with Gasteiger partial charge >= 0.3 is 0 Å². The summed E-state index contributed by atoms with van der Waals surface area (Å²) in [6, 6.07) is 3.69. The van der Waals surface area contributed by atoms with Gasteiger partial charge in [-0.05, 0) is 36.1 Å². The van der Waals surface area contributed by atoms with Crippen LogP contribution in [0, 0.1) is 6.92 Å². The first kappa shape index (κ1) is 12.4. The highest BCUT2D eigenvalue weighted by molar-refractivity contribution is 9.09. The Labute approximate surface area is 99.4 Å². The fourth-order valence-electron chi connectivity index (χ4n) is 1.57. The number of phenolic OH excluding ortho intramolecular Hbond substituents is 1. The van der Waals surface area contributed by atoms with E-state index in [-0.39, 0.29) is 5.75 Å². The molecule has 0 saturated carbocycles. The fourth-order valence-corrected chi connectivity index (χ4v) is 1.73. The van der Waals surface area contributed by atoms with Crippen LogP contribution in [0.3, 0.4) is 0 Å². The molecule has 0 amide bonds. The number of benzene rings is 1. The van der Waals surface area contributed by atoms with Gasteiger partial charge in [0.2, 0.25) is 0 Å². The molecule has 0 aliphatic heterocycles. The second kappa shape index (κ2) is 5.40. The van der Waals surface area contributed by atoms with Crippen molar-refractivity contribution < 1.29 is 9.84 Å². The lowest BCUT2D eigenvalue weighted by molar-refractivity contribution is 0.321. The average Bonchev–Trinajstić information content (AvgIpc) is 2.18. The van der Waals surface area contributed by atoms with E-state index in [4.69, 9.17) is 4.74 Å². The molecule has 84 valence electrons. The third-order valence-electron chi connectivity index (χ3n) is 2.30. The molecule has 0 saturated heterocycles. The van der Waals surface area contributed by atoms with Gasteiger partial charge in [-0.3, -0.25) is 0 Å². The van der Waals surface area contributed by atoms with Gasteiger partial charge in [0.25, 0.3) is 0 Å². The fraction of sp³-hybridized carbons (Fsp3) is 0.500. The minimum Gasteiger partial charge on any atom is -0.504 e. The van der Waals surface area contributed by atoms with Crippen molar-refractivity contribution in [1.29, 1.82) is 0 Å². The Kier molecular flexibility index (Phi) is 4.45. The van der Waals surface area contributed by atoms with Crippen molar-refractivity contribution in [3.05, 3.63) is 23.3 Å². The Morgan fingerprint density at radius 1 is 1.40 bits per heavy atom. The molecule has 1 N–H and O–H groups in total. The van der Waals surface area contributed by atoms with Crippen molar-refractivity contribution in [1.82, 2.24) is 0 Å². The van der Waals surface area contributed by atoms with E-state index in [0.717, 1.165) is 10.9 Å². The summed E-state index contributed by atoms with van der Waals surface area (Å²) >= 11 is 3.28. The molecule has 1 aromatic rings. The molecule has 0 unspecified atom stereocenters. The number of hydrogen-bond donors (Lipinski definition) is 1. The molecule has 3 heteroatoms. The molecule has 0 fully saturated rings. The van der Waals surface area contributed by atoms with Crippen molar-refractivity contribution >= 4 is 15.9 Å². The Hall–Kier alpha value is -0.700. The van der Waals surface area contributed by atoms with E-state index in [1.54, 1.807) is 6.07 Å². The molecular formula is C12H17BrO2. The second-order valence-electron chi connectivity index (χ2n) is 3.87. The van der Waals surface area contributed by atoms with Gasteiger partial charge in [0, 0.05) is 5.33 Å². The topological polar surface area (TPSA) is 29.5 Å². The number of alkyl halides is 1. The van der Waals surface area contributed by atoms with Crippen LogP contribution in [0.2, 0.25) is 0 Å². The maximum atomic E-state index is 9.75. The van der Waals surface area contributed by atoms with Crippen molar-refractivity contribution in [3.8, 4) is 11.5 Å². The second-order valence-corrected chi connectivity index (χ2v) is 4.66. The Bertz CT molecular complexity index is 335. The number of ether oxygens (including phenoxy) is 1. The molecule has 0 bridgehead atoms. The van der Waals surface area contributed by atoms with Crippen molar-refractivity contribution in [2.45, 2.75) is 26.7 Å². The van der Waals surface area contributed by atoms with E-state index < -0.39 is 0 Å². The number of rotatable bonds is 4. The lowest BCUT2D eigenvalue weighted by Crippen LogP contribution is -2.00. The summed E-state index contributed by atoms with van der Waals surface area (Å²) in [4.78, 5) is 0. The molecule has 0 spiro atoms. The minimum absolute atomic E-state index is 0.227. The first-order chi connectivity index (χ1) is 7.06. The predicted molar refractivity (Wildman–Crippen MR) is 66.2 cm³/mol. The average molecular weight is 273 g/mol. The number of halogens is 1. The monoisotopic (exact) mass is 272 g/mol. The molecular weight excluding hydrogens is 256 g/mol. The molecule has 0 atom stereocenters. The van der Waals surface area contributed by atoms with E-state index in [2.05, 4.69) is 29.8 Å². The normalized spacial score (nSPS) is 10.7. The molecule has 1 aromatic carbocycles. The van der Waals surface area contributed by atoms with Gasteiger partial charge in [0.1, 0.15) is 0 Å². The smallest absolute Gasteiger partial charge is 0.161 e. The number of aromatic hydroxyl groups is 1. The standard InChI is InChI=1S/C12H17BrO2/c1-8(2)10-7-11(14)12(6-9(10)3)15-5-4-13/h6-8,14H,4-5H2,1-3H3. The number of phenols is 1. The lowest BCUT2D eigenvalue weighted by atomic mass is 9.97. The van der Waals surface area contributed by atoms with Gasteiger partial charge in [0.05, 0.1) is 6.61 Å². The highest BCUT2D eigenvalue weighted by Crippen LogP contribution is 2.32. The SMILES string of the molecule is Cc1cc(OCCBr)c(O)cc1C(C)C. The highest BCUT2D eigenvalue weighted by atomic mass is 79.9. The first-order valence-electron chi connectivity index (χ1n) is 5.08. The van der Waals surface area contributed by atoms with Gasteiger partial charge < -0.3 is 9.84 Å². The maximum Gasteiger partial charge on any atom is 0.161 e. The summed E-state index contributed by atoms with van der Waals surface area (Å²) in [7, 11) is 0. The maximum absolute atomic E-state index is 9.75. The zero-order valence-corrected chi connectivity index (χ0v) is 11.0. The summed E-state index contributed by atoms with van der Waals surface area (Å²) in [5.41, 5.74) is 2.33. The van der Waals surface area contributed by atoms with Gasteiger partial charge in [-0.25, -0.2) is 0 Å². The summed E-state index contributed by atoms with van der Waals surface area (Å²) < 4.78 is 5.40. The lowest BCUT2D eigenvalue weighted by Gasteiger charge is -2.13. The Balaban J connectivity index is 2.97. The highest BCUT2D eigenvalue weighted by Gasteiger charge is 2.09.